The Morgan fingerprint density at radius 2 is 2.14 bits per heavy atom. The van der Waals surface area contributed by atoms with E-state index in [0.29, 0.717) is 23.8 Å². The van der Waals surface area contributed by atoms with Crippen LogP contribution in [0.25, 0.3) is 0 Å². The molecular weight excluding hydrogens is 202 g/mol. The first-order chi connectivity index (χ1) is 6.74. The van der Waals surface area contributed by atoms with E-state index in [9.17, 15) is 0 Å². The lowest BCUT2D eigenvalue weighted by Crippen LogP contribution is -2.26. The Morgan fingerprint density at radius 3 is 2.79 bits per heavy atom. The fourth-order valence-corrected chi connectivity index (χ4v) is 1.16. The molecule has 4 heteroatoms. The number of ether oxygens (including phenoxy) is 1. The number of hydrogen-bond acceptors (Lipinski definition) is 3. The first-order valence-corrected chi connectivity index (χ1v) is 4.85. The molecule has 0 amide bonds. The maximum absolute atomic E-state index is 8.68. The van der Waals surface area contributed by atoms with Gasteiger partial charge < -0.3 is 15.6 Å². The molecule has 0 aliphatic carbocycles. The fourth-order valence-electron chi connectivity index (χ4n) is 0.973. The number of para-hydroxylation sites is 1. The zero-order valence-electron chi connectivity index (χ0n) is 7.82. The highest BCUT2D eigenvalue weighted by atomic mass is 35.5. The molecule has 0 spiro atoms. The minimum absolute atomic E-state index is 0.0219. The predicted octanol–water partition coefficient (Wildman–Crippen LogP) is 1.43. The Labute approximate surface area is 88.4 Å². The van der Waals surface area contributed by atoms with Crippen LogP contribution in [0.2, 0.25) is 5.02 Å². The van der Waals surface area contributed by atoms with Gasteiger partial charge in [0.1, 0.15) is 5.75 Å². The molecule has 0 aliphatic rings. The molecule has 3 nitrogen and oxygen atoms in total. The van der Waals surface area contributed by atoms with Gasteiger partial charge in [-0.2, -0.15) is 0 Å². The zero-order chi connectivity index (χ0) is 10.4. The molecule has 0 aliphatic heterocycles. The molecular formula is C10H14ClNO2. The van der Waals surface area contributed by atoms with Crippen LogP contribution in [0.5, 0.6) is 5.75 Å². The molecule has 0 bridgehead atoms. The number of nitrogens with two attached hydrogens (primary N) is 1. The van der Waals surface area contributed by atoms with E-state index in [4.69, 9.17) is 27.2 Å². The van der Waals surface area contributed by atoms with Crippen molar-refractivity contribution >= 4 is 11.6 Å². The van der Waals surface area contributed by atoms with Crippen LogP contribution in [-0.4, -0.2) is 24.4 Å². The second kappa shape index (κ2) is 5.86. The average molecular weight is 216 g/mol. The Balaban J connectivity index is 2.35. The van der Waals surface area contributed by atoms with Crippen molar-refractivity contribution in [1.82, 2.24) is 0 Å². The molecule has 14 heavy (non-hydrogen) atoms. The molecule has 0 heterocycles. The van der Waals surface area contributed by atoms with E-state index >= 15 is 0 Å². The normalized spacial score (nSPS) is 12.5. The van der Waals surface area contributed by atoms with Crippen molar-refractivity contribution in [3.8, 4) is 5.75 Å². The molecule has 1 aromatic rings. The quantitative estimate of drug-likeness (QED) is 0.782. The van der Waals surface area contributed by atoms with Gasteiger partial charge in [-0.15, -0.1) is 0 Å². The van der Waals surface area contributed by atoms with Gasteiger partial charge in [-0.3, -0.25) is 0 Å². The lowest BCUT2D eigenvalue weighted by atomic mass is 10.2. The molecule has 78 valence electrons. The summed E-state index contributed by atoms with van der Waals surface area (Å²) in [5, 5.41) is 9.27. The molecule has 1 atom stereocenters. The molecule has 0 saturated heterocycles. The van der Waals surface area contributed by atoms with E-state index in [0.717, 1.165) is 0 Å². The third-order valence-corrected chi connectivity index (χ3v) is 2.13. The van der Waals surface area contributed by atoms with Crippen LogP contribution in [0.3, 0.4) is 0 Å². The molecule has 1 unspecified atom stereocenters. The number of rotatable bonds is 5. The maximum Gasteiger partial charge on any atom is 0.137 e. The van der Waals surface area contributed by atoms with Gasteiger partial charge >= 0.3 is 0 Å². The van der Waals surface area contributed by atoms with Crippen LogP contribution >= 0.6 is 11.6 Å². The second-order valence-electron chi connectivity index (χ2n) is 3.01. The highest BCUT2D eigenvalue weighted by Gasteiger charge is 2.02. The van der Waals surface area contributed by atoms with E-state index in [1.165, 1.54) is 0 Å². The van der Waals surface area contributed by atoms with Gasteiger partial charge in [-0.1, -0.05) is 23.7 Å². The van der Waals surface area contributed by atoms with E-state index < -0.39 is 0 Å². The van der Waals surface area contributed by atoms with E-state index in [2.05, 4.69) is 0 Å². The summed E-state index contributed by atoms with van der Waals surface area (Å²) in [6.07, 6.45) is 0.613. The van der Waals surface area contributed by atoms with Crippen LogP contribution < -0.4 is 10.5 Å². The minimum Gasteiger partial charge on any atom is -0.492 e. The summed E-state index contributed by atoms with van der Waals surface area (Å²) < 4.78 is 5.39. The Morgan fingerprint density at radius 1 is 1.43 bits per heavy atom. The van der Waals surface area contributed by atoms with Crippen LogP contribution in [-0.2, 0) is 0 Å². The first-order valence-electron chi connectivity index (χ1n) is 4.48. The van der Waals surface area contributed by atoms with Crippen molar-refractivity contribution < 1.29 is 9.84 Å². The van der Waals surface area contributed by atoms with Crippen molar-refractivity contribution in [1.29, 1.82) is 0 Å². The van der Waals surface area contributed by atoms with Gasteiger partial charge in [-0.25, -0.2) is 0 Å². The molecule has 0 aromatic heterocycles. The minimum atomic E-state index is -0.225. The summed E-state index contributed by atoms with van der Waals surface area (Å²) in [4.78, 5) is 0. The first kappa shape index (κ1) is 11.3. The van der Waals surface area contributed by atoms with Gasteiger partial charge in [0.25, 0.3) is 0 Å². The summed E-state index contributed by atoms with van der Waals surface area (Å²) in [7, 11) is 0. The number of aliphatic hydroxyl groups excluding tert-OH is 1. The Kier molecular flexibility index (Phi) is 4.73. The summed E-state index contributed by atoms with van der Waals surface area (Å²) in [6, 6.07) is 7.04. The Hall–Kier alpha value is -0.770. The van der Waals surface area contributed by atoms with Crippen LogP contribution in [0, 0.1) is 0 Å². The van der Waals surface area contributed by atoms with Crippen LogP contribution in [0.4, 0.5) is 0 Å². The SMILES string of the molecule is NC(CO)CCOc1ccccc1Cl. The van der Waals surface area contributed by atoms with E-state index in [-0.39, 0.29) is 12.6 Å². The topological polar surface area (TPSA) is 55.5 Å². The van der Waals surface area contributed by atoms with Gasteiger partial charge in [0, 0.05) is 6.04 Å². The summed E-state index contributed by atoms with van der Waals surface area (Å²) in [6.45, 7) is 0.442. The molecule has 1 aromatic carbocycles. The fraction of sp³-hybridized carbons (Fsp3) is 0.400. The van der Waals surface area contributed by atoms with Crippen molar-refractivity contribution in [3.05, 3.63) is 29.3 Å². The smallest absolute Gasteiger partial charge is 0.137 e. The number of benzene rings is 1. The predicted molar refractivity (Wildman–Crippen MR) is 56.6 cm³/mol. The van der Waals surface area contributed by atoms with Crippen molar-refractivity contribution in [3.63, 3.8) is 0 Å². The van der Waals surface area contributed by atoms with Gasteiger partial charge in [0.2, 0.25) is 0 Å². The standard InChI is InChI=1S/C10H14ClNO2/c11-9-3-1-2-4-10(9)14-6-5-8(12)7-13/h1-4,8,13H,5-7,12H2. The lowest BCUT2D eigenvalue weighted by molar-refractivity contribution is 0.230. The van der Waals surface area contributed by atoms with Crippen LogP contribution in [0.1, 0.15) is 6.42 Å². The monoisotopic (exact) mass is 215 g/mol. The Bertz CT molecular complexity index is 281. The molecule has 1 rings (SSSR count). The van der Waals surface area contributed by atoms with Crippen molar-refractivity contribution in [2.75, 3.05) is 13.2 Å². The molecule has 0 fully saturated rings. The third kappa shape index (κ3) is 3.54. The van der Waals surface area contributed by atoms with Gasteiger partial charge in [0.05, 0.1) is 18.2 Å². The highest BCUT2D eigenvalue weighted by Crippen LogP contribution is 2.23. The summed E-state index contributed by atoms with van der Waals surface area (Å²) >= 11 is 5.87. The summed E-state index contributed by atoms with van der Waals surface area (Å²) in [5.41, 5.74) is 5.51. The molecule has 3 N–H and O–H groups in total. The van der Waals surface area contributed by atoms with Crippen molar-refractivity contribution in [2.24, 2.45) is 5.73 Å². The maximum atomic E-state index is 8.68. The lowest BCUT2D eigenvalue weighted by Gasteiger charge is -2.10. The zero-order valence-corrected chi connectivity index (χ0v) is 8.57. The second-order valence-corrected chi connectivity index (χ2v) is 3.42. The number of hydrogen-bond donors (Lipinski definition) is 2. The van der Waals surface area contributed by atoms with E-state index in [1.54, 1.807) is 12.1 Å². The highest BCUT2D eigenvalue weighted by molar-refractivity contribution is 6.32. The number of halogens is 1. The molecule has 0 radical (unpaired) electrons. The third-order valence-electron chi connectivity index (χ3n) is 1.82. The summed E-state index contributed by atoms with van der Waals surface area (Å²) in [5.74, 6) is 0.652. The largest absolute Gasteiger partial charge is 0.492 e. The van der Waals surface area contributed by atoms with Crippen molar-refractivity contribution in [2.45, 2.75) is 12.5 Å². The van der Waals surface area contributed by atoms with E-state index in [1.807, 2.05) is 12.1 Å². The molecule has 0 saturated carbocycles. The van der Waals surface area contributed by atoms with Gasteiger partial charge in [0.15, 0.2) is 0 Å². The van der Waals surface area contributed by atoms with Gasteiger partial charge in [-0.05, 0) is 18.6 Å². The average Bonchev–Trinajstić information content (AvgIpc) is 2.20. The number of aliphatic hydroxyl groups is 1. The van der Waals surface area contributed by atoms with Crippen LogP contribution in [0.15, 0.2) is 24.3 Å².